The Balaban J connectivity index is 2.22. The molecule has 92 valence electrons. The minimum atomic E-state index is -0.307. The fraction of sp³-hybridized carbons (Fsp3) is 0.0769. The lowest BCUT2D eigenvalue weighted by atomic mass is 10.2. The maximum atomic E-state index is 12.0. The predicted octanol–water partition coefficient (Wildman–Crippen LogP) is 2.88. The molecule has 0 bridgehead atoms. The van der Waals surface area contributed by atoms with E-state index in [9.17, 15) is 4.79 Å². The molecule has 1 amide bonds. The van der Waals surface area contributed by atoms with Gasteiger partial charge < -0.3 is 11.1 Å². The number of amides is 1. The third kappa shape index (κ3) is 2.78. The summed E-state index contributed by atoms with van der Waals surface area (Å²) in [7, 11) is 0. The van der Waals surface area contributed by atoms with Crippen LogP contribution in [0.25, 0.3) is 0 Å². The van der Waals surface area contributed by atoms with Crippen LogP contribution < -0.4 is 11.1 Å². The molecule has 0 fully saturated rings. The van der Waals surface area contributed by atoms with Gasteiger partial charge in [0.2, 0.25) is 0 Å². The minimum Gasteiger partial charge on any atom is -0.399 e. The monoisotopic (exact) mass is 261 g/mol. The van der Waals surface area contributed by atoms with Crippen molar-refractivity contribution in [2.24, 2.45) is 0 Å². The van der Waals surface area contributed by atoms with Gasteiger partial charge in [-0.25, -0.2) is 4.98 Å². The van der Waals surface area contributed by atoms with Crippen LogP contribution in [-0.4, -0.2) is 10.9 Å². The van der Waals surface area contributed by atoms with E-state index >= 15 is 0 Å². The zero-order valence-corrected chi connectivity index (χ0v) is 10.5. The average molecular weight is 262 g/mol. The van der Waals surface area contributed by atoms with Crippen molar-refractivity contribution in [1.82, 2.24) is 4.98 Å². The summed E-state index contributed by atoms with van der Waals surface area (Å²) in [6, 6.07) is 10.3. The van der Waals surface area contributed by atoms with Crippen molar-refractivity contribution in [2.45, 2.75) is 6.92 Å². The van der Waals surface area contributed by atoms with E-state index in [1.165, 1.54) is 0 Å². The maximum Gasteiger partial charge on any atom is 0.258 e. The number of aryl methyl sites for hydroxylation is 1. The Morgan fingerprint density at radius 1 is 1.33 bits per heavy atom. The number of nitrogen functional groups attached to an aromatic ring is 1. The normalized spacial score (nSPS) is 10.1. The van der Waals surface area contributed by atoms with Gasteiger partial charge >= 0.3 is 0 Å². The van der Waals surface area contributed by atoms with Gasteiger partial charge in [0.15, 0.2) is 0 Å². The second kappa shape index (κ2) is 5.06. The summed E-state index contributed by atoms with van der Waals surface area (Å²) >= 11 is 5.93. The molecule has 0 atom stereocenters. The van der Waals surface area contributed by atoms with Crippen LogP contribution in [0.5, 0.6) is 0 Å². The average Bonchev–Trinajstić information content (AvgIpc) is 2.28. The van der Waals surface area contributed by atoms with Crippen LogP contribution in [0.3, 0.4) is 0 Å². The molecular formula is C13H12ClN3O. The van der Waals surface area contributed by atoms with Crippen LogP contribution in [0, 0.1) is 6.92 Å². The number of halogens is 1. The molecule has 0 aliphatic carbocycles. The highest BCUT2D eigenvalue weighted by molar-refractivity contribution is 6.33. The van der Waals surface area contributed by atoms with Crippen molar-refractivity contribution in [3.8, 4) is 0 Å². The van der Waals surface area contributed by atoms with Crippen molar-refractivity contribution >= 4 is 28.9 Å². The summed E-state index contributed by atoms with van der Waals surface area (Å²) in [6.07, 6.45) is 0. The lowest BCUT2D eigenvalue weighted by Gasteiger charge is -2.07. The van der Waals surface area contributed by atoms with E-state index < -0.39 is 0 Å². The molecule has 0 unspecified atom stereocenters. The molecule has 2 aromatic rings. The van der Waals surface area contributed by atoms with E-state index in [-0.39, 0.29) is 11.1 Å². The number of pyridine rings is 1. The lowest BCUT2D eigenvalue weighted by Crippen LogP contribution is -2.13. The first-order valence-corrected chi connectivity index (χ1v) is 5.74. The largest absolute Gasteiger partial charge is 0.399 e. The van der Waals surface area contributed by atoms with Crippen LogP contribution in [0.1, 0.15) is 16.1 Å². The summed E-state index contributed by atoms with van der Waals surface area (Å²) in [5.74, 6) is -0.307. The highest BCUT2D eigenvalue weighted by Gasteiger charge is 2.11. The third-order valence-electron chi connectivity index (χ3n) is 2.38. The lowest BCUT2D eigenvalue weighted by molar-refractivity contribution is 0.102. The number of nitrogens with zero attached hydrogens (tertiary/aromatic N) is 1. The summed E-state index contributed by atoms with van der Waals surface area (Å²) in [5, 5.41) is 2.91. The summed E-state index contributed by atoms with van der Waals surface area (Å²) in [6.45, 7) is 1.81. The van der Waals surface area contributed by atoms with Crippen molar-refractivity contribution in [3.63, 3.8) is 0 Å². The number of aromatic nitrogens is 1. The molecule has 3 N–H and O–H groups in total. The quantitative estimate of drug-likeness (QED) is 0.645. The number of hydrogen-bond donors (Lipinski definition) is 2. The van der Waals surface area contributed by atoms with Crippen LogP contribution >= 0.6 is 11.6 Å². The molecule has 0 spiro atoms. The Bertz CT molecular complexity index is 599. The molecule has 0 aliphatic heterocycles. The van der Waals surface area contributed by atoms with Crippen molar-refractivity contribution in [1.29, 1.82) is 0 Å². The topological polar surface area (TPSA) is 68.0 Å². The third-order valence-corrected chi connectivity index (χ3v) is 2.67. The van der Waals surface area contributed by atoms with Gasteiger partial charge in [-0.15, -0.1) is 0 Å². The van der Waals surface area contributed by atoms with E-state index in [0.29, 0.717) is 16.9 Å². The Morgan fingerprint density at radius 2 is 2.11 bits per heavy atom. The fourth-order valence-corrected chi connectivity index (χ4v) is 1.79. The van der Waals surface area contributed by atoms with Crippen molar-refractivity contribution in [3.05, 3.63) is 52.8 Å². The first-order chi connectivity index (χ1) is 8.56. The van der Waals surface area contributed by atoms with Gasteiger partial charge in [0, 0.05) is 17.1 Å². The number of hydrogen-bond acceptors (Lipinski definition) is 3. The Hall–Kier alpha value is -2.07. The first-order valence-electron chi connectivity index (χ1n) is 5.36. The number of anilines is 2. The van der Waals surface area contributed by atoms with Crippen LogP contribution in [-0.2, 0) is 0 Å². The van der Waals surface area contributed by atoms with E-state index in [4.69, 9.17) is 17.3 Å². The second-order valence-corrected chi connectivity index (χ2v) is 4.23. The molecule has 0 saturated carbocycles. The van der Waals surface area contributed by atoms with Crippen LogP contribution in [0.4, 0.5) is 11.4 Å². The van der Waals surface area contributed by atoms with Gasteiger partial charge in [-0.2, -0.15) is 0 Å². The summed E-state index contributed by atoms with van der Waals surface area (Å²) in [4.78, 5) is 16.0. The molecule has 0 aliphatic rings. The van der Waals surface area contributed by atoms with Crippen LogP contribution in [0.2, 0.25) is 5.15 Å². The zero-order chi connectivity index (χ0) is 13.1. The summed E-state index contributed by atoms with van der Waals surface area (Å²) in [5.41, 5.74) is 7.94. The van der Waals surface area contributed by atoms with Crippen molar-refractivity contribution < 1.29 is 4.79 Å². The molecule has 1 heterocycles. The zero-order valence-electron chi connectivity index (χ0n) is 9.77. The van der Waals surface area contributed by atoms with E-state index in [2.05, 4.69) is 10.3 Å². The number of carbonyl (C=O) groups is 1. The van der Waals surface area contributed by atoms with E-state index in [0.717, 1.165) is 5.69 Å². The first kappa shape index (κ1) is 12.4. The molecule has 5 heteroatoms. The number of nitrogens with one attached hydrogen (secondary N) is 1. The summed E-state index contributed by atoms with van der Waals surface area (Å²) < 4.78 is 0. The predicted molar refractivity (Wildman–Crippen MR) is 72.8 cm³/mol. The Labute approximate surface area is 110 Å². The molecule has 1 aromatic carbocycles. The molecule has 4 nitrogen and oxygen atoms in total. The Morgan fingerprint density at radius 3 is 2.78 bits per heavy atom. The number of nitrogens with two attached hydrogens (primary N) is 1. The molecule has 18 heavy (non-hydrogen) atoms. The Kier molecular flexibility index (Phi) is 3.48. The van der Waals surface area contributed by atoms with E-state index in [1.807, 2.05) is 6.92 Å². The number of carbonyl (C=O) groups excluding carboxylic acids is 1. The van der Waals surface area contributed by atoms with Gasteiger partial charge in [0.05, 0.1) is 5.56 Å². The van der Waals surface area contributed by atoms with Gasteiger partial charge in [-0.3, -0.25) is 4.79 Å². The maximum absolute atomic E-state index is 12.0. The number of rotatable bonds is 2. The molecule has 0 saturated heterocycles. The van der Waals surface area contributed by atoms with E-state index in [1.54, 1.807) is 36.4 Å². The molecule has 0 radical (unpaired) electrons. The molecular weight excluding hydrogens is 250 g/mol. The number of benzene rings is 1. The smallest absolute Gasteiger partial charge is 0.258 e. The van der Waals surface area contributed by atoms with Gasteiger partial charge in [0.1, 0.15) is 5.15 Å². The SMILES string of the molecule is Cc1ccc(C(=O)Nc2cccc(N)c2)c(Cl)n1. The molecule has 2 rings (SSSR count). The molecule has 1 aromatic heterocycles. The fourth-order valence-electron chi connectivity index (χ4n) is 1.51. The van der Waals surface area contributed by atoms with Crippen molar-refractivity contribution in [2.75, 3.05) is 11.1 Å². The second-order valence-electron chi connectivity index (χ2n) is 3.87. The highest BCUT2D eigenvalue weighted by atomic mass is 35.5. The minimum absolute atomic E-state index is 0.191. The standard InChI is InChI=1S/C13H12ClN3O/c1-8-5-6-11(12(14)16-8)13(18)17-10-4-2-3-9(15)7-10/h2-7H,15H2,1H3,(H,17,18). The highest BCUT2D eigenvalue weighted by Crippen LogP contribution is 2.17. The van der Waals surface area contributed by atoms with Gasteiger partial charge in [0.25, 0.3) is 5.91 Å². The van der Waals surface area contributed by atoms with Gasteiger partial charge in [-0.1, -0.05) is 17.7 Å². The van der Waals surface area contributed by atoms with Gasteiger partial charge in [-0.05, 0) is 37.3 Å². The van der Waals surface area contributed by atoms with Crippen LogP contribution in [0.15, 0.2) is 36.4 Å².